The van der Waals surface area contributed by atoms with E-state index in [0.29, 0.717) is 5.88 Å². The van der Waals surface area contributed by atoms with Gasteiger partial charge >= 0.3 is 0 Å². The van der Waals surface area contributed by atoms with Gasteiger partial charge in [0.2, 0.25) is 5.88 Å². The van der Waals surface area contributed by atoms with E-state index < -0.39 is 0 Å². The minimum absolute atomic E-state index is 0.641. The summed E-state index contributed by atoms with van der Waals surface area (Å²) in [5, 5.41) is 3.20. The van der Waals surface area contributed by atoms with Crippen molar-refractivity contribution < 1.29 is 4.74 Å². The predicted octanol–water partition coefficient (Wildman–Crippen LogP) is 1.37. The fourth-order valence-corrected chi connectivity index (χ4v) is 1.25. The third kappa shape index (κ3) is 3.47. The second kappa shape index (κ2) is 5.07. The zero-order valence-electron chi connectivity index (χ0n) is 9.07. The first-order valence-corrected chi connectivity index (χ1v) is 5.53. The van der Waals surface area contributed by atoms with Crippen molar-refractivity contribution in [2.24, 2.45) is 5.92 Å². The third-order valence-corrected chi connectivity index (χ3v) is 2.40. The summed E-state index contributed by atoms with van der Waals surface area (Å²) < 4.78 is 5.50. The maximum Gasteiger partial charge on any atom is 0.232 e. The van der Waals surface area contributed by atoms with Gasteiger partial charge in [0.15, 0.2) is 0 Å². The standard InChI is InChI=1S/C11H17N3O/c1-2-12-5-10-6-14-11(7-13-10)15-8-9-3-4-9/h6-7,9,12H,2-5,8H2,1H3. The van der Waals surface area contributed by atoms with Crippen LogP contribution in [0.5, 0.6) is 5.88 Å². The van der Waals surface area contributed by atoms with E-state index in [-0.39, 0.29) is 0 Å². The molecule has 0 aliphatic heterocycles. The van der Waals surface area contributed by atoms with Gasteiger partial charge in [0, 0.05) is 6.54 Å². The topological polar surface area (TPSA) is 47.0 Å². The van der Waals surface area contributed by atoms with Crippen molar-refractivity contribution in [1.82, 2.24) is 15.3 Å². The molecule has 1 N–H and O–H groups in total. The summed E-state index contributed by atoms with van der Waals surface area (Å²) in [5.41, 5.74) is 0.954. The number of nitrogens with zero attached hydrogens (tertiary/aromatic N) is 2. The van der Waals surface area contributed by atoms with E-state index in [2.05, 4.69) is 22.2 Å². The summed E-state index contributed by atoms with van der Waals surface area (Å²) in [6, 6.07) is 0. The highest BCUT2D eigenvalue weighted by Crippen LogP contribution is 2.28. The Morgan fingerprint density at radius 3 is 2.87 bits per heavy atom. The molecule has 1 aliphatic carbocycles. The molecule has 0 amide bonds. The fourth-order valence-electron chi connectivity index (χ4n) is 1.25. The first-order valence-electron chi connectivity index (χ1n) is 5.53. The normalized spacial score (nSPS) is 15.3. The van der Waals surface area contributed by atoms with Crippen LogP contribution in [-0.4, -0.2) is 23.1 Å². The van der Waals surface area contributed by atoms with Crippen LogP contribution in [0.4, 0.5) is 0 Å². The molecule has 1 saturated carbocycles. The van der Waals surface area contributed by atoms with Gasteiger partial charge in [-0.3, -0.25) is 4.98 Å². The lowest BCUT2D eigenvalue weighted by atomic mass is 10.4. The Morgan fingerprint density at radius 2 is 2.27 bits per heavy atom. The summed E-state index contributed by atoms with van der Waals surface area (Å²) in [7, 11) is 0. The average Bonchev–Trinajstić information content (AvgIpc) is 3.09. The van der Waals surface area contributed by atoms with E-state index in [9.17, 15) is 0 Å². The van der Waals surface area contributed by atoms with Crippen LogP contribution >= 0.6 is 0 Å². The maximum atomic E-state index is 5.50. The fraction of sp³-hybridized carbons (Fsp3) is 0.636. The minimum Gasteiger partial charge on any atom is -0.476 e. The van der Waals surface area contributed by atoms with Crippen molar-refractivity contribution in [2.75, 3.05) is 13.2 Å². The Balaban J connectivity index is 1.79. The first-order chi connectivity index (χ1) is 7.38. The Labute approximate surface area is 90.1 Å². The zero-order valence-corrected chi connectivity index (χ0v) is 9.07. The van der Waals surface area contributed by atoms with Gasteiger partial charge in [-0.05, 0) is 25.3 Å². The van der Waals surface area contributed by atoms with Crippen molar-refractivity contribution >= 4 is 0 Å². The average molecular weight is 207 g/mol. The summed E-state index contributed by atoms with van der Waals surface area (Å²) in [6.07, 6.45) is 6.07. The monoisotopic (exact) mass is 207 g/mol. The Hall–Kier alpha value is -1.16. The summed E-state index contributed by atoms with van der Waals surface area (Å²) in [4.78, 5) is 8.47. The van der Waals surface area contributed by atoms with Crippen LogP contribution in [-0.2, 0) is 6.54 Å². The molecule has 0 radical (unpaired) electrons. The lowest BCUT2D eigenvalue weighted by molar-refractivity contribution is 0.287. The van der Waals surface area contributed by atoms with E-state index in [4.69, 9.17) is 4.74 Å². The quantitative estimate of drug-likeness (QED) is 0.765. The predicted molar refractivity (Wildman–Crippen MR) is 57.6 cm³/mol. The second-order valence-electron chi connectivity index (χ2n) is 3.88. The van der Waals surface area contributed by atoms with Crippen LogP contribution in [0.2, 0.25) is 0 Å². The molecule has 0 spiro atoms. The Morgan fingerprint density at radius 1 is 1.40 bits per heavy atom. The molecule has 15 heavy (non-hydrogen) atoms. The number of hydrogen-bond donors (Lipinski definition) is 1. The van der Waals surface area contributed by atoms with E-state index in [1.54, 1.807) is 12.4 Å². The molecule has 1 aromatic heterocycles. The molecule has 82 valence electrons. The molecular formula is C11H17N3O. The molecule has 0 atom stereocenters. The summed E-state index contributed by atoms with van der Waals surface area (Å²) >= 11 is 0. The van der Waals surface area contributed by atoms with Crippen LogP contribution in [0.15, 0.2) is 12.4 Å². The summed E-state index contributed by atoms with van der Waals surface area (Å²) in [5.74, 6) is 1.40. The van der Waals surface area contributed by atoms with Crippen LogP contribution < -0.4 is 10.1 Å². The lowest BCUT2D eigenvalue weighted by Gasteiger charge is -2.04. The van der Waals surface area contributed by atoms with Gasteiger partial charge in [-0.15, -0.1) is 0 Å². The number of ether oxygens (including phenoxy) is 1. The number of hydrogen-bond acceptors (Lipinski definition) is 4. The van der Waals surface area contributed by atoms with Crippen LogP contribution in [0.3, 0.4) is 0 Å². The van der Waals surface area contributed by atoms with E-state index >= 15 is 0 Å². The molecule has 4 heteroatoms. The molecule has 1 heterocycles. The highest BCUT2D eigenvalue weighted by Gasteiger charge is 2.22. The highest BCUT2D eigenvalue weighted by molar-refractivity contribution is 5.07. The van der Waals surface area contributed by atoms with Crippen molar-refractivity contribution in [2.45, 2.75) is 26.3 Å². The molecule has 1 aliphatic rings. The molecule has 2 rings (SSSR count). The van der Waals surface area contributed by atoms with Crippen molar-refractivity contribution in [1.29, 1.82) is 0 Å². The molecule has 1 fully saturated rings. The number of rotatable bonds is 6. The zero-order chi connectivity index (χ0) is 10.5. The Bertz CT molecular complexity index is 295. The van der Waals surface area contributed by atoms with Crippen molar-refractivity contribution in [3.63, 3.8) is 0 Å². The third-order valence-electron chi connectivity index (χ3n) is 2.40. The van der Waals surface area contributed by atoms with Crippen molar-refractivity contribution in [3.05, 3.63) is 18.1 Å². The smallest absolute Gasteiger partial charge is 0.232 e. The molecule has 0 unspecified atom stereocenters. The van der Waals surface area contributed by atoms with E-state index in [1.807, 2.05) is 0 Å². The highest BCUT2D eigenvalue weighted by atomic mass is 16.5. The number of aromatic nitrogens is 2. The maximum absolute atomic E-state index is 5.50. The van der Waals surface area contributed by atoms with Gasteiger partial charge < -0.3 is 10.1 Å². The van der Waals surface area contributed by atoms with Crippen LogP contribution in [0.1, 0.15) is 25.5 Å². The van der Waals surface area contributed by atoms with Gasteiger partial charge in [-0.25, -0.2) is 4.98 Å². The molecule has 1 aromatic rings. The Kier molecular flexibility index (Phi) is 3.50. The van der Waals surface area contributed by atoms with Gasteiger partial charge in [-0.1, -0.05) is 6.92 Å². The van der Waals surface area contributed by atoms with E-state index in [1.165, 1.54) is 12.8 Å². The first kappa shape index (κ1) is 10.4. The minimum atomic E-state index is 0.641. The molecular weight excluding hydrogens is 190 g/mol. The number of nitrogens with one attached hydrogen (secondary N) is 1. The van der Waals surface area contributed by atoms with Crippen molar-refractivity contribution in [3.8, 4) is 5.88 Å². The lowest BCUT2D eigenvalue weighted by Crippen LogP contribution is -2.13. The van der Waals surface area contributed by atoms with Crippen LogP contribution in [0.25, 0.3) is 0 Å². The molecule has 0 saturated heterocycles. The molecule has 0 aromatic carbocycles. The largest absolute Gasteiger partial charge is 0.476 e. The molecule has 0 bridgehead atoms. The SMILES string of the molecule is CCNCc1cnc(OCC2CC2)cn1. The summed E-state index contributed by atoms with van der Waals surface area (Å²) in [6.45, 7) is 4.58. The van der Waals surface area contributed by atoms with Gasteiger partial charge in [0.05, 0.1) is 24.7 Å². The molecule has 4 nitrogen and oxygen atoms in total. The van der Waals surface area contributed by atoms with E-state index in [0.717, 1.165) is 31.3 Å². The van der Waals surface area contributed by atoms with Gasteiger partial charge in [0.25, 0.3) is 0 Å². The van der Waals surface area contributed by atoms with Crippen LogP contribution in [0, 0.1) is 5.92 Å². The van der Waals surface area contributed by atoms with Gasteiger partial charge in [-0.2, -0.15) is 0 Å². The van der Waals surface area contributed by atoms with Gasteiger partial charge in [0.1, 0.15) is 0 Å². The second-order valence-corrected chi connectivity index (χ2v) is 3.88.